The third-order valence-electron chi connectivity index (χ3n) is 3.42. The highest BCUT2D eigenvalue weighted by atomic mass is 16.5. The third kappa shape index (κ3) is 4.10. The number of nitriles is 2. The highest BCUT2D eigenvalue weighted by Crippen LogP contribution is 2.25. The maximum absolute atomic E-state index is 11.1. The second kappa shape index (κ2) is 7.12. The number of benzene rings is 2. The van der Waals surface area contributed by atoms with Gasteiger partial charge in [0.1, 0.15) is 11.5 Å². The molecule has 6 nitrogen and oxygen atoms in total. The Morgan fingerprint density at radius 3 is 2.36 bits per heavy atom. The molecule has 0 atom stereocenters. The molecule has 0 saturated carbocycles. The summed E-state index contributed by atoms with van der Waals surface area (Å²) < 4.78 is 5.78. The molecule has 0 bridgehead atoms. The number of hydrogen-bond acceptors (Lipinski definition) is 5. The van der Waals surface area contributed by atoms with Crippen LogP contribution in [0.2, 0.25) is 0 Å². The van der Waals surface area contributed by atoms with Gasteiger partial charge in [-0.25, -0.2) is 5.10 Å². The third-order valence-corrected chi connectivity index (χ3v) is 3.42. The summed E-state index contributed by atoms with van der Waals surface area (Å²) in [5.74, 6) is 1.01. The maximum atomic E-state index is 11.1. The molecular formula is C19H12N4O2. The Labute approximate surface area is 143 Å². The molecule has 0 aliphatic carbocycles. The second-order valence-corrected chi connectivity index (χ2v) is 5.31. The van der Waals surface area contributed by atoms with Crippen molar-refractivity contribution >= 4 is 0 Å². The topological polar surface area (TPSA) is 103 Å². The normalized spacial score (nSPS) is 9.84. The smallest absolute Gasteiger partial charge is 0.264 e. The fourth-order valence-electron chi connectivity index (χ4n) is 2.32. The summed E-state index contributed by atoms with van der Waals surface area (Å²) in [7, 11) is 0. The molecule has 120 valence electrons. The predicted octanol–water partition coefficient (Wildman–Crippen LogP) is 2.90. The van der Waals surface area contributed by atoms with Crippen LogP contribution in [0, 0.1) is 22.7 Å². The van der Waals surface area contributed by atoms with Crippen molar-refractivity contribution in [3.05, 3.63) is 87.3 Å². The van der Waals surface area contributed by atoms with Crippen molar-refractivity contribution in [3.63, 3.8) is 0 Å². The molecule has 0 aliphatic rings. The van der Waals surface area contributed by atoms with Gasteiger partial charge < -0.3 is 4.74 Å². The van der Waals surface area contributed by atoms with Gasteiger partial charge in [0.25, 0.3) is 5.56 Å². The molecule has 0 amide bonds. The van der Waals surface area contributed by atoms with Crippen LogP contribution in [0.4, 0.5) is 0 Å². The van der Waals surface area contributed by atoms with E-state index in [2.05, 4.69) is 10.2 Å². The van der Waals surface area contributed by atoms with Gasteiger partial charge in [0.15, 0.2) is 0 Å². The van der Waals surface area contributed by atoms with Gasteiger partial charge in [0.2, 0.25) is 0 Å². The first-order chi connectivity index (χ1) is 12.2. The zero-order valence-electron chi connectivity index (χ0n) is 13.1. The van der Waals surface area contributed by atoms with Crippen molar-refractivity contribution in [2.45, 2.75) is 6.42 Å². The number of nitrogens with zero attached hydrogens (tertiary/aromatic N) is 3. The highest BCUT2D eigenvalue weighted by Gasteiger charge is 2.05. The van der Waals surface area contributed by atoms with E-state index in [9.17, 15) is 4.79 Å². The maximum Gasteiger partial charge on any atom is 0.264 e. The van der Waals surface area contributed by atoms with Crippen molar-refractivity contribution in [3.8, 4) is 23.6 Å². The van der Waals surface area contributed by atoms with E-state index in [-0.39, 0.29) is 5.56 Å². The number of aromatic amines is 1. The van der Waals surface area contributed by atoms with Crippen molar-refractivity contribution in [1.29, 1.82) is 10.5 Å². The van der Waals surface area contributed by atoms with E-state index in [4.69, 9.17) is 15.3 Å². The van der Waals surface area contributed by atoms with Crippen LogP contribution < -0.4 is 10.3 Å². The van der Waals surface area contributed by atoms with Gasteiger partial charge in [-0.3, -0.25) is 4.79 Å². The summed E-state index contributed by atoms with van der Waals surface area (Å²) in [5.41, 5.74) is 2.17. The molecular weight excluding hydrogens is 316 g/mol. The SMILES string of the molecule is N#Cc1cc(C#N)cc(Oc2cccc(Cc3ccc(=O)[nH]n3)c2)c1. The Morgan fingerprint density at radius 2 is 1.72 bits per heavy atom. The van der Waals surface area contributed by atoms with Gasteiger partial charge >= 0.3 is 0 Å². The molecule has 3 rings (SSSR count). The molecule has 0 spiro atoms. The fraction of sp³-hybridized carbons (Fsp3) is 0.0526. The molecule has 0 aliphatic heterocycles. The molecule has 0 radical (unpaired) electrons. The lowest BCUT2D eigenvalue weighted by Crippen LogP contribution is -2.07. The van der Waals surface area contributed by atoms with E-state index < -0.39 is 0 Å². The summed E-state index contributed by atoms with van der Waals surface area (Å²) >= 11 is 0. The van der Waals surface area contributed by atoms with E-state index in [1.54, 1.807) is 24.3 Å². The number of rotatable bonds is 4. The van der Waals surface area contributed by atoms with Crippen LogP contribution in [0.5, 0.6) is 11.5 Å². The molecule has 1 heterocycles. The van der Waals surface area contributed by atoms with E-state index in [1.807, 2.05) is 30.3 Å². The van der Waals surface area contributed by atoms with Crippen molar-refractivity contribution < 1.29 is 4.74 Å². The van der Waals surface area contributed by atoms with Crippen LogP contribution in [0.25, 0.3) is 0 Å². The minimum atomic E-state index is -0.244. The van der Waals surface area contributed by atoms with Crippen LogP contribution in [-0.2, 0) is 6.42 Å². The van der Waals surface area contributed by atoms with Gasteiger partial charge in [-0.15, -0.1) is 0 Å². The minimum absolute atomic E-state index is 0.244. The number of hydrogen-bond donors (Lipinski definition) is 1. The van der Waals surface area contributed by atoms with Crippen molar-refractivity contribution in [2.24, 2.45) is 0 Å². The van der Waals surface area contributed by atoms with Crippen molar-refractivity contribution in [2.75, 3.05) is 0 Å². The average molecular weight is 328 g/mol. The summed E-state index contributed by atoms with van der Waals surface area (Å²) in [4.78, 5) is 11.1. The van der Waals surface area contributed by atoms with Gasteiger partial charge in [-0.05, 0) is 42.0 Å². The second-order valence-electron chi connectivity index (χ2n) is 5.31. The summed E-state index contributed by atoms with van der Waals surface area (Å²) in [5, 5.41) is 24.4. The van der Waals surface area contributed by atoms with E-state index in [0.717, 1.165) is 11.3 Å². The summed E-state index contributed by atoms with van der Waals surface area (Å²) in [6, 6.07) is 19.2. The Morgan fingerprint density at radius 1 is 0.960 bits per heavy atom. The molecule has 1 N–H and O–H groups in total. The Balaban J connectivity index is 1.82. The number of H-pyrrole nitrogens is 1. The Hall–Kier alpha value is -3.90. The zero-order chi connectivity index (χ0) is 17.6. The summed E-state index contributed by atoms with van der Waals surface area (Å²) in [6.45, 7) is 0. The largest absolute Gasteiger partial charge is 0.457 e. The standard InChI is InChI=1S/C19H12N4O2/c20-11-14-6-15(12-21)10-18(9-14)25-17-3-1-2-13(8-17)7-16-4-5-19(24)23-22-16/h1-6,8-10H,7H2,(H,23,24). The van der Waals surface area contributed by atoms with Crippen LogP contribution >= 0.6 is 0 Å². The van der Waals surface area contributed by atoms with E-state index in [1.165, 1.54) is 12.1 Å². The fourth-order valence-corrected chi connectivity index (χ4v) is 2.32. The van der Waals surface area contributed by atoms with Gasteiger partial charge in [-0.2, -0.15) is 15.6 Å². The number of ether oxygens (including phenoxy) is 1. The van der Waals surface area contributed by atoms with Crippen LogP contribution in [0.15, 0.2) is 59.4 Å². The first-order valence-corrected chi connectivity index (χ1v) is 7.43. The Kier molecular flexibility index (Phi) is 4.55. The molecule has 1 aromatic heterocycles. The minimum Gasteiger partial charge on any atom is -0.457 e. The lowest BCUT2D eigenvalue weighted by Gasteiger charge is -2.08. The molecule has 0 fully saturated rings. The number of nitrogens with one attached hydrogen (secondary N) is 1. The lowest BCUT2D eigenvalue weighted by atomic mass is 10.1. The van der Waals surface area contributed by atoms with Gasteiger partial charge in [0, 0.05) is 12.5 Å². The average Bonchev–Trinajstić information content (AvgIpc) is 2.63. The molecule has 2 aromatic carbocycles. The number of aromatic nitrogens is 2. The molecule has 0 saturated heterocycles. The van der Waals surface area contributed by atoms with Crippen LogP contribution in [0.1, 0.15) is 22.4 Å². The van der Waals surface area contributed by atoms with E-state index >= 15 is 0 Å². The van der Waals surface area contributed by atoms with Crippen molar-refractivity contribution in [1.82, 2.24) is 10.2 Å². The van der Waals surface area contributed by atoms with Crippen LogP contribution in [0.3, 0.4) is 0 Å². The molecule has 6 heteroatoms. The highest BCUT2D eigenvalue weighted by molar-refractivity contribution is 5.47. The Bertz CT molecular complexity index is 1010. The van der Waals surface area contributed by atoms with E-state index in [0.29, 0.717) is 29.0 Å². The first-order valence-electron chi connectivity index (χ1n) is 7.43. The monoisotopic (exact) mass is 328 g/mol. The van der Waals surface area contributed by atoms with Crippen LogP contribution in [-0.4, -0.2) is 10.2 Å². The quantitative estimate of drug-likeness (QED) is 0.793. The molecule has 0 unspecified atom stereocenters. The molecule has 3 aromatic rings. The van der Waals surface area contributed by atoms with Gasteiger partial charge in [0.05, 0.1) is 29.0 Å². The zero-order valence-corrected chi connectivity index (χ0v) is 13.1. The predicted molar refractivity (Wildman–Crippen MR) is 90.1 cm³/mol. The molecule has 25 heavy (non-hydrogen) atoms. The lowest BCUT2D eigenvalue weighted by molar-refractivity contribution is 0.482. The first kappa shape index (κ1) is 16.0. The van der Waals surface area contributed by atoms with Gasteiger partial charge in [-0.1, -0.05) is 12.1 Å². The summed E-state index contributed by atoms with van der Waals surface area (Å²) in [6.07, 6.45) is 0.537.